The van der Waals surface area contributed by atoms with E-state index in [0.29, 0.717) is 12.1 Å². The third-order valence-corrected chi connectivity index (χ3v) is 1.65. The number of carbonyl (C=O) groups excluding carboxylic acids is 1. The SMILES string of the molecule is CC.CCC(=O)Nc1cnc(F)cc1OC. The maximum absolute atomic E-state index is 12.6. The summed E-state index contributed by atoms with van der Waals surface area (Å²) < 4.78 is 17.5. The predicted octanol–water partition coefficient (Wildman–Crippen LogP) is 2.60. The van der Waals surface area contributed by atoms with Gasteiger partial charge < -0.3 is 10.1 Å². The first-order chi connectivity index (χ1) is 7.67. The largest absolute Gasteiger partial charge is 0.494 e. The number of rotatable bonds is 3. The van der Waals surface area contributed by atoms with Gasteiger partial charge in [-0.2, -0.15) is 4.39 Å². The standard InChI is InChI=1S/C9H11FN2O2.C2H6/c1-3-9(13)12-6-5-11-8(10)4-7(6)14-2;1-2/h4-5H,3H2,1-2H3,(H,12,13);1-2H3. The fourth-order valence-corrected chi connectivity index (χ4v) is 0.914. The lowest BCUT2D eigenvalue weighted by atomic mass is 10.3. The maximum Gasteiger partial charge on any atom is 0.224 e. The molecule has 16 heavy (non-hydrogen) atoms. The van der Waals surface area contributed by atoms with Gasteiger partial charge in [0.05, 0.1) is 13.3 Å². The summed E-state index contributed by atoms with van der Waals surface area (Å²) in [6, 6.07) is 1.12. The van der Waals surface area contributed by atoms with Gasteiger partial charge in [0.2, 0.25) is 11.9 Å². The molecule has 0 aliphatic carbocycles. The van der Waals surface area contributed by atoms with Crippen LogP contribution in [0.25, 0.3) is 0 Å². The number of anilines is 1. The molecule has 0 aliphatic rings. The van der Waals surface area contributed by atoms with Crippen LogP contribution < -0.4 is 10.1 Å². The highest BCUT2D eigenvalue weighted by atomic mass is 19.1. The van der Waals surface area contributed by atoms with Crippen LogP contribution in [0.15, 0.2) is 12.3 Å². The molecule has 1 aromatic rings. The quantitative estimate of drug-likeness (QED) is 0.809. The highest BCUT2D eigenvalue weighted by Crippen LogP contribution is 2.23. The molecule has 1 amide bonds. The molecule has 90 valence electrons. The van der Waals surface area contributed by atoms with Gasteiger partial charge in [-0.1, -0.05) is 20.8 Å². The Morgan fingerprint density at radius 3 is 2.69 bits per heavy atom. The van der Waals surface area contributed by atoms with Crippen molar-refractivity contribution in [3.05, 3.63) is 18.2 Å². The second-order valence-corrected chi connectivity index (χ2v) is 2.61. The van der Waals surface area contributed by atoms with E-state index in [1.165, 1.54) is 13.3 Å². The molecule has 0 radical (unpaired) electrons. The molecule has 5 heteroatoms. The van der Waals surface area contributed by atoms with E-state index >= 15 is 0 Å². The molecule has 1 heterocycles. The first-order valence-electron chi connectivity index (χ1n) is 5.16. The minimum atomic E-state index is -0.642. The van der Waals surface area contributed by atoms with E-state index in [1.807, 2.05) is 13.8 Å². The zero-order valence-corrected chi connectivity index (χ0v) is 10.0. The molecule has 0 aliphatic heterocycles. The first-order valence-corrected chi connectivity index (χ1v) is 5.16. The van der Waals surface area contributed by atoms with Crippen molar-refractivity contribution in [2.75, 3.05) is 12.4 Å². The van der Waals surface area contributed by atoms with Gasteiger partial charge >= 0.3 is 0 Å². The summed E-state index contributed by atoms with van der Waals surface area (Å²) in [5.74, 6) is -0.549. The van der Waals surface area contributed by atoms with Gasteiger partial charge in [0.1, 0.15) is 11.4 Å². The summed E-state index contributed by atoms with van der Waals surface area (Å²) in [4.78, 5) is 14.5. The van der Waals surface area contributed by atoms with Gasteiger partial charge in [-0.3, -0.25) is 4.79 Å². The van der Waals surface area contributed by atoms with Crippen molar-refractivity contribution in [2.45, 2.75) is 27.2 Å². The zero-order valence-electron chi connectivity index (χ0n) is 10.0. The van der Waals surface area contributed by atoms with Gasteiger partial charge in [-0.15, -0.1) is 0 Å². The summed E-state index contributed by atoms with van der Waals surface area (Å²) >= 11 is 0. The average Bonchev–Trinajstić information content (AvgIpc) is 2.33. The summed E-state index contributed by atoms with van der Waals surface area (Å²) in [5.41, 5.74) is 0.376. The van der Waals surface area contributed by atoms with E-state index in [1.54, 1.807) is 6.92 Å². The number of amides is 1. The zero-order chi connectivity index (χ0) is 12.6. The van der Waals surface area contributed by atoms with Gasteiger partial charge in [-0.05, 0) is 0 Å². The third kappa shape index (κ3) is 4.25. The van der Waals surface area contributed by atoms with Crippen LogP contribution in [0.5, 0.6) is 5.75 Å². The maximum atomic E-state index is 12.6. The number of halogens is 1. The van der Waals surface area contributed by atoms with Crippen molar-refractivity contribution in [2.24, 2.45) is 0 Å². The first kappa shape index (κ1) is 14.3. The molecule has 4 nitrogen and oxygen atoms in total. The molecule has 1 N–H and O–H groups in total. The highest BCUT2D eigenvalue weighted by molar-refractivity contribution is 5.91. The number of carbonyl (C=O) groups is 1. The molecule has 0 aromatic carbocycles. The Bertz CT molecular complexity index is 343. The summed E-state index contributed by atoms with van der Waals surface area (Å²) in [5, 5.41) is 2.55. The Morgan fingerprint density at radius 1 is 1.56 bits per heavy atom. The van der Waals surface area contributed by atoms with Gasteiger partial charge in [0.15, 0.2) is 0 Å². The lowest BCUT2D eigenvalue weighted by Gasteiger charge is -2.08. The smallest absolute Gasteiger partial charge is 0.224 e. The van der Waals surface area contributed by atoms with Crippen molar-refractivity contribution in [1.82, 2.24) is 4.98 Å². The van der Waals surface area contributed by atoms with Gasteiger partial charge in [0.25, 0.3) is 0 Å². The molecule has 0 saturated heterocycles. The molecular weight excluding hydrogens is 211 g/mol. The van der Waals surface area contributed by atoms with Crippen LogP contribution in [0.1, 0.15) is 27.2 Å². The second kappa shape index (κ2) is 7.62. The molecule has 0 unspecified atom stereocenters. The Balaban J connectivity index is 0.00000106. The van der Waals surface area contributed by atoms with Crippen LogP contribution in [0.4, 0.5) is 10.1 Å². The van der Waals surface area contributed by atoms with Gasteiger partial charge in [0, 0.05) is 12.5 Å². The number of ether oxygens (including phenoxy) is 1. The third-order valence-electron chi connectivity index (χ3n) is 1.65. The molecule has 1 aromatic heterocycles. The van der Waals surface area contributed by atoms with Gasteiger partial charge in [-0.25, -0.2) is 4.98 Å². The van der Waals surface area contributed by atoms with Crippen LogP contribution >= 0.6 is 0 Å². The Morgan fingerprint density at radius 2 is 2.19 bits per heavy atom. The number of methoxy groups -OCH3 is 1. The molecule has 0 saturated carbocycles. The van der Waals surface area contributed by atoms with E-state index in [4.69, 9.17) is 4.74 Å². The average molecular weight is 228 g/mol. The molecular formula is C11H17FN2O2. The molecule has 0 fully saturated rings. The fourth-order valence-electron chi connectivity index (χ4n) is 0.914. The summed E-state index contributed by atoms with van der Waals surface area (Å²) in [6.45, 7) is 5.72. The topological polar surface area (TPSA) is 51.2 Å². The van der Waals surface area contributed by atoms with E-state index < -0.39 is 5.95 Å². The minimum absolute atomic E-state index is 0.170. The van der Waals surface area contributed by atoms with Crippen molar-refractivity contribution in [1.29, 1.82) is 0 Å². The fraction of sp³-hybridized carbons (Fsp3) is 0.455. The molecule has 0 spiro atoms. The van der Waals surface area contributed by atoms with E-state index in [2.05, 4.69) is 10.3 Å². The molecule has 1 rings (SSSR count). The monoisotopic (exact) mass is 228 g/mol. The lowest BCUT2D eigenvalue weighted by molar-refractivity contribution is -0.115. The van der Waals surface area contributed by atoms with Crippen molar-refractivity contribution < 1.29 is 13.9 Å². The number of hydrogen-bond acceptors (Lipinski definition) is 3. The van der Waals surface area contributed by atoms with E-state index in [-0.39, 0.29) is 11.7 Å². The Hall–Kier alpha value is -1.65. The predicted molar refractivity (Wildman–Crippen MR) is 61.0 cm³/mol. The molecule has 0 atom stereocenters. The van der Waals surface area contributed by atoms with Crippen LogP contribution in [0, 0.1) is 5.95 Å². The Labute approximate surface area is 94.8 Å². The number of aromatic nitrogens is 1. The number of pyridine rings is 1. The van der Waals surface area contributed by atoms with Crippen LogP contribution in [-0.4, -0.2) is 18.0 Å². The van der Waals surface area contributed by atoms with E-state index in [0.717, 1.165) is 6.07 Å². The Kier molecular flexibility index (Phi) is 6.83. The molecule has 0 bridgehead atoms. The number of hydrogen-bond donors (Lipinski definition) is 1. The van der Waals surface area contributed by atoms with Crippen LogP contribution in [-0.2, 0) is 4.79 Å². The summed E-state index contributed by atoms with van der Waals surface area (Å²) in [7, 11) is 1.40. The van der Waals surface area contributed by atoms with Crippen molar-refractivity contribution in [3.63, 3.8) is 0 Å². The van der Waals surface area contributed by atoms with Crippen LogP contribution in [0.3, 0.4) is 0 Å². The van der Waals surface area contributed by atoms with Crippen molar-refractivity contribution >= 4 is 11.6 Å². The van der Waals surface area contributed by atoms with Crippen LogP contribution in [0.2, 0.25) is 0 Å². The normalized spacial score (nSPS) is 8.81. The van der Waals surface area contributed by atoms with Crippen molar-refractivity contribution in [3.8, 4) is 5.75 Å². The second-order valence-electron chi connectivity index (χ2n) is 2.61. The number of nitrogens with zero attached hydrogens (tertiary/aromatic N) is 1. The highest BCUT2D eigenvalue weighted by Gasteiger charge is 2.07. The number of nitrogens with one attached hydrogen (secondary N) is 1. The summed E-state index contributed by atoms with van der Waals surface area (Å²) in [6.07, 6.45) is 1.57. The lowest BCUT2D eigenvalue weighted by Crippen LogP contribution is -2.10. The minimum Gasteiger partial charge on any atom is -0.494 e. The van der Waals surface area contributed by atoms with E-state index in [9.17, 15) is 9.18 Å².